The molecule has 5 heteroatoms. The van der Waals surface area contributed by atoms with Gasteiger partial charge in [0.25, 0.3) is 0 Å². The van der Waals surface area contributed by atoms with Crippen LogP contribution in [0.15, 0.2) is 30.3 Å². The van der Waals surface area contributed by atoms with E-state index in [0.29, 0.717) is 6.42 Å². The first-order valence-electron chi connectivity index (χ1n) is 6.26. The summed E-state index contributed by atoms with van der Waals surface area (Å²) < 4.78 is 0. The van der Waals surface area contributed by atoms with Crippen molar-refractivity contribution in [3.63, 3.8) is 0 Å². The molecule has 0 fully saturated rings. The molecule has 3 N–H and O–H groups in total. The Kier molecular flexibility index (Phi) is 4.92. The van der Waals surface area contributed by atoms with Gasteiger partial charge < -0.3 is 15.7 Å². The Morgan fingerprint density at radius 3 is 2.37 bits per heavy atom. The minimum absolute atomic E-state index is 0.184. The molecule has 0 aromatic heterocycles. The summed E-state index contributed by atoms with van der Waals surface area (Å²) in [5, 5.41) is 14.3. The molecule has 5 nitrogen and oxygen atoms in total. The summed E-state index contributed by atoms with van der Waals surface area (Å²) in [5.74, 6) is -1.04. The molecule has 1 aromatic carbocycles. The van der Waals surface area contributed by atoms with E-state index in [-0.39, 0.29) is 6.04 Å². The van der Waals surface area contributed by atoms with Gasteiger partial charge in [-0.1, -0.05) is 37.3 Å². The maximum absolute atomic E-state index is 11.8. The Hall–Kier alpha value is -2.04. The highest BCUT2D eigenvalue weighted by molar-refractivity contribution is 5.85. The molecular weight excluding hydrogens is 244 g/mol. The van der Waals surface area contributed by atoms with Gasteiger partial charge in [-0.15, -0.1) is 0 Å². The number of urea groups is 1. The molecule has 2 unspecified atom stereocenters. The lowest BCUT2D eigenvalue weighted by Gasteiger charge is -2.26. The number of nitrogens with one attached hydrogen (secondary N) is 2. The Labute approximate surface area is 113 Å². The normalized spacial score (nSPS) is 15.1. The second-order valence-electron chi connectivity index (χ2n) is 4.72. The number of carboxylic acid groups (broad SMARTS) is 1. The third-order valence-electron chi connectivity index (χ3n) is 3.22. The van der Waals surface area contributed by atoms with Crippen molar-refractivity contribution in [2.45, 2.75) is 38.8 Å². The summed E-state index contributed by atoms with van der Waals surface area (Å²) in [4.78, 5) is 22.9. The standard InChI is InChI=1S/C14H20N2O3/c1-4-14(3,12(17)18)16-13(19)15-10(2)11-8-6-5-7-9-11/h5-10H,4H2,1-3H3,(H,17,18)(H2,15,16,19). The van der Waals surface area contributed by atoms with Gasteiger partial charge in [0.05, 0.1) is 6.04 Å². The number of aliphatic carboxylic acids is 1. The van der Waals surface area contributed by atoms with Crippen molar-refractivity contribution in [3.8, 4) is 0 Å². The highest BCUT2D eigenvalue weighted by Gasteiger charge is 2.32. The van der Waals surface area contributed by atoms with Crippen LogP contribution >= 0.6 is 0 Å². The van der Waals surface area contributed by atoms with Crippen LogP contribution in [0.5, 0.6) is 0 Å². The van der Waals surface area contributed by atoms with Crippen molar-refractivity contribution in [3.05, 3.63) is 35.9 Å². The zero-order chi connectivity index (χ0) is 14.5. The topological polar surface area (TPSA) is 78.4 Å². The van der Waals surface area contributed by atoms with Gasteiger partial charge in [-0.2, -0.15) is 0 Å². The van der Waals surface area contributed by atoms with Crippen molar-refractivity contribution < 1.29 is 14.7 Å². The average molecular weight is 264 g/mol. The molecule has 0 aliphatic carbocycles. The van der Waals surface area contributed by atoms with E-state index in [0.717, 1.165) is 5.56 Å². The zero-order valence-corrected chi connectivity index (χ0v) is 11.4. The molecule has 19 heavy (non-hydrogen) atoms. The molecule has 0 radical (unpaired) electrons. The van der Waals surface area contributed by atoms with Gasteiger partial charge in [-0.3, -0.25) is 0 Å². The fraction of sp³-hybridized carbons (Fsp3) is 0.429. The van der Waals surface area contributed by atoms with Crippen LogP contribution in [0.2, 0.25) is 0 Å². The molecule has 0 heterocycles. The first-order chi connectivity index (χ1) is 8.89. The van der Waals surface area contributed by atoms with Crippen LogP contribution in [-0.2, 0) is 4.79 Å². The molecule has 104 valence electrons. The zero-order valence-electron chi connectivity index (χ0n) is 11.4. The van der Waals surface area contributed by atoms with E-state index < -0.39 is 17.5 Å². The van der Waals surface area contributed by atoms with Gasteiger partial charge in [0.15, 0.2) is 0 Å². The van der Waals surface area contributed by atoms with Gasteiger partial charge in [-0.05, 0) is 25.8 Å². The highest BCUT2D eigenvalue weighted by Crippen LogP contribution is 2.12. The SMILES string of the molecule is CCC(C)(NC(=O)NC(C)c1ccccc1)C(=O)O. The Bertz CT molecular complexity index is 447. The minimum Gasteiger partial charge on any atom is -0.480 e. The van der Waals surface area contributed by atoms with Crippen LogP contribution in [-0.4, -0.2) is 22.6 Å². The lowest BCUT2D eigenvalue weighted by atomic mass is 10.00. The molecular formula is C14H20N2O3. The van der Waals surface area contributed by atoms with E-state index in [1.54, 1.807) is 6.92 Å². The largest absolute Gasteiger partial charge is 0.480 e. The van der Waals surface area contributed by atoms with Crippen molar-refractivity contribution in [2.75, 3.05) is 0 Å². The van der Waals surface area contributed by atoms with Crippen molar-refractivity contribution in [1.82, 2.24) is 10.6 Å². The van der Waals surface area contributed by atoms with Crippen LogP contribution in [0.4, 0.5) is 4.79 Å². The molecule has 1 aromatic rings. The molecule has 0 saturated carbocycles. The van der Waals surface area contributed by atoms with Gasteiger partial charge in [0.1, 0.15) is 5.54 Å². The third-order valence-corrected chi connectivity index (χ3v) is 3.22. The Morgan fingerprint density at radius 2 is 1.89 bits per heavy atom. The maximum Gasteiger partial charge on any atom is 0.329 e. The van der Waals surface area contributed by atoms with E-state index in [1.807, 2.05) is 37.3 Å². The number of carbonyl (C=O) groups excluding carboxylic acids is 1. The predicted molar refractivity (Wildman–Crippen MR) is 72.9 cm³/mol. The summed E-state index contributed by atoms with van der Waals surface area (Å²) in [6.45, 7) is 5.05. The monoisotopic (exact) mass is 264 g/mol. The summed E-state index contributed by atoms with van der Waals surface area (Å²) in [6.07, 6.45) is 0.315. The minimum atomic E-state index is -1.25. The number of hydrogen-bond donors (Lipinski definition) is 3. The molecule has 2 amide bonds. The quantitative estimate of drug-likeness (QED) is 0.763. The van der Waals surface area contributed by atoms with Crippen LogP contribution < -0.4 is 10.6 Å². The fourth-order valence-corrected chi connectivity index (χ4v) is 1.60. The Morgan fingerprint density at radius 1 is 1.32 bits per heavy atom. The van der Waals surface area contributed by atoms with E-state index in [4.69, 9.17) is 5.11 Å². The van der Waals surface area contributed by atoms with Gasteiger partial charge in [-0.25, -0.2) is 9.59 Å². The Balaban J connectivity index is 2.63. The lowest BCUT2D eigenvalue weighted by Crippen LogP contribution is -2.55. The molecule has 2 atom stereocenters. The molecule has 0 saturated heterocycles. The van der Waals surface area contributed by atoms with Crippen molar-refractivity contribution in [2.24, 2.45) is 0 Å². The molecule has 0 spiro atoms. The highest BCUT2D eigenvalue weighted by atomic mass is 16.4. The average Bonchev–Trinajstić information content (AvgIpc) is 2.39. The number of amides is 2. The van der Waals surface area contributed by atoms with E-state index in [9.17, 15) is 9.59 Å². The van der Waals surface area contributed by atoms with Gasteiger partial charge in [0, 0.05) is 0 Å². The number of benzene rings is 1. The molecule has 0 bridgehead atoms. The van der Waals surface area contributed by atoms with Crippen molar-refractivity contribution in [1.29, 1.82) is 0 Å². The van der Waals surface area contributed by atoms with Crippen LogP contribution in [0.25, 0.3) is 0 Å². The number of hydrogen-bond acceptors (Lipinski definition) is 2. The van der Waals surface area contributed by atoms with Crippen LogP contribution in [0.1, 0.15) is 38.8 Å². The predicted octanol–water partition coefficient (Wildman–Crippen LogP) is 2.30. The summed E-state index contributed by atoms with van der Waals surface area (Å²) in [7, 11) is 0. The molecule has 0 aliphatic heterocycles. The molecule has 1 rings (SSSR count). The van der Waals surface area contributed by atoms with Crippen LogP contribution in [0.3, 0.4) is 0 Å². The molecule has 0 aliphatic rings. The first kappa shape index (κ1) is 15.0. The van der Waals surface area contributed by atoms with E-state index >= 15 is 0 Å². The third kappa shape index (κ3) is 3.98. The van der Waals surface area contributed by atoms with Crippen molar-refractivity contribution >= 4 is 12.0 Å². The first-order valence-corrected chi connectivity index (χ1v) is 6.26. The smallest absolute Gasteiger partial charge is 0.329 e. The summed E-state index contributed by atoms with van der Waals surface area (Å²) >= 11 is 0. The van der Waals surface area contributed by atoms with Gasteiger partial charge in [0.2, 0.25) is 0 Å². The number of carboxylic acids is 1. The summed E-state index contributed by atoms with van der Waals surface area (Å²) in [6, 6.07) is 8.81. The second kappa shape index (κ2) is 6.22. The number of rotatable bonds is 5. The fourth-order valence-electron chi connectivity index (χ4n) is 1.60. The number of carbonyl (C=O) groups is 2. The van der Waals surface area contributed by atoms with Crippen LogP contribution in [0, 0.1) is 0 Å². The summed E-state index contributed by atoms with van der Waals surface area (Å²) in [5.41, 5.74) is -0.285. The van der Waals surface area contributed by atoms with Gasteiger partial charge >= 0.3 is 12.0 Å². The second-order valence-corrected chi connectivity index (χ2v) is 4.72. The maximum atomic E-state index is 11.8. The lowest BCUT2D eigenvalue weighted by molar-refractivity contribution is -0.143. The van der Waals surface area contributed by atoms with E-state index in [1.165, 1.54) is 6.92 Å². The van der Waals surface area contributed by atoms with E-state index in [2.05, 4.69) is 10.6 Å².